The summed E-state index contributed by atoms with van der Waals surface area (Å²) in [5.41, 5.74) is 0.742. The van der Waals surface area contributed by atoms with Gasteiger partial charge in [-0.15, -0.1) is 0 Å². The fourth-order valence-corrected chi connectivity index (χ4v) is 2.34. The van der Waals surface area contributed by atoms with Crippen LogP contribution in [0.15, 0.2) is 30.9 Å². The molecule has 1 N–H and O–H groups in total. The van der Waals surface area contributed by atoms with Gasteiger partial charge in [-0.05, 0) is 6.07 Å². The van der Waals surface area contributed by atoms with E-state index >= 15 is 0 Å². The van der Waals surface area contributed by atoms with Crippen molar-refractivity contribution in [3.8, 4) is 17.4 Å². The average Bonchev–Trinajstić information content (AvgIpc) is 3.15. The Balaban J connectivity index is 2.15. The highest BCUT2D eigenvalue weighted by Crippen LogP contribution is 2.34. The van der Waals surface area contributed by atoms with Crippen molar-refractivity contribution in [3.63, 3.8) is 0 Å². The summed E-state index contributed by atoms with van der Waals surface area (Å²) in [5, 5.41) is 4.11. The Morgan fingerprint density at radius 1 is 1.08 bits per heavy atom. The number of ether oxygens (including phenoxy) is 3. The van der Waals surface area contributed by atoms with Gasteiger partial charge in [-0.1, -0.05) is 0 Å². The van der Waals surface area contributed by atoms with Crippen LogP contribution in [0, 0.1) is 0 Å². The van der Waals surface area contributed by atoms with Crippen molar-refractivity contribution in [2.24, 2.45) is 0 Å². The van der Waals surface area contributed by atoms with Crippen LogP contribution in [0.1, 0.15) is 0 Å². The number of hydrogen-bond acceptors (Lipinski definition) is 7. The van der Waals surface area contributed by atoms with Crippen molar-refractivity contribution in [1.82, 2.24) is 19.5 Å². The van der Waals surface area contributed by atoms with Crippen LogP contribution in [0.3, 0.4) is 0 Å². The molecule has 0 spiro atoms. The number of hydrogen-bond donors (Lipinski definition) is 1. The summed E-state index contributed by atoms with van der Waals surface area (Å²) >= 11 is 0. The van der Waals surface area contributed by atoms with Gasteiger partial charge in [0.25, 0.3) is 0 Å². The number of nitrogens with zero attached hydrogens (tertiary/aromatic N) is 4. The van der Waals surface area contributed by atoms with Crippen LogP contribution in [0.4, 0.5) is 5.82 Å². The van der Waals surface area contributed by atoms with Crippen LogP contribution < -0.4 is 14.8 Å². The number of nitrogens with one attached hydrogen (secondary N) is 1. The zero-order valence-corrected chi connectivity index (χ0v) is 13.8. The Kier molecular flexibility index (Phi) is 4.76. The molecule has 24 heavy (non-hydrogen) atoms. The molecule has 0 bridgehead atoms. The molecule has 0 saturated heterocycles. The highest BCUT2D eigenvalue weighted by Gasteiger charge is 2.13. The molecule has 0 atom stereocenters. The van der Waals surface area contributed by atoms with Crippen LogP contribution in [-0.2, 0) is 4.74 Å². The maximum atomic E-state index is 5.38. The van der Waals surface area contributed by atoms with Crippen LogP contribution in [0.5, 0.6) is 11.5 Å². The van der Waals surface area contributed by atoms with Crippen LogP contribution in [0.25, 0.3) is 16.9 Å². The monoisotopic (exact) mass is 329 g/mol. The molecule has 3 aromatic rings. The molecule has 0 unspecified atom stereocenters. The Hall–Kier alpha value is -2.87. The maximum absolute atomic E-state index is 5.38. The minimum Gasteiger partial charge on any atom is -0.493 e. The number of fused-ring (bicyclic) bond motifs is 1. The first-order valence-corrected chi connectivity index (χ1v) is 7.41. The quantitative estimate of drug-likeness (QED) is 0.663. The van der Waals surface area contributed by atoms with Gasteiger partial charge in [-0.2, -0.15) is 4.98 Å². The van der Waals surface area contributed by atoms with Gasteiger partial charge in [0.1, 0.15) is 12.1 Å². The molecule has 0 radical (unpaired) electrons. The van der Waals surface area contributed by atoms with E-state index < -0.39 is 0 Å². The van der Waals surface area contributed by atoms with Gasteiger partial charge in [0, 0.05) is 37.5 Å². The second-order valence-electron chi connectivity index (χ2n) is 4.99. The van der Waals surface area contributed by atoms with E-state index in [2.05, 4.69) is 20.3 Å². The molecule has 1 aromatic carbocycles. The van der Waals surface area contributed by atoms with E-state index in [1.807, 2.05) is 12.1 Å². The summed E-state index contributed by atoms with van der Waals surface area (Å²) in [6.45, 7) is 1.19. The summed E-state index contributed by atoms with van der Waals surface area (Å²) in [6.07, 6.45) is 5.13. The van der Waals surface area contributed by atoms with Crippen LogP contribution in [0.2, 0.25) is 0 Å². The van der Waals surface area contributed by atoms with Gasteiger partial charge in [0.15, 0.2) is 11.5 Å². The van der Waals surface area contributed by atoms with E-state index in [9.17, 15) is 0 Å². The Morgan fingerprint density at radius 3 is 2.54 bits per heavy atom. The van der Waals surface area contributed by atoms with Crippen LogP contribution in [-0.4, -0.2) is 54.0 Å². The van der Waals surface area contributed by atoms with E-state index in [0.29, 0.717) is 36.4 Å². The first-order chi connectivity index (χ1) is 11.8. The lowest BCUT2D eigenvalue weighted by Gasteiger charge is -2.13. The van der Waals surface area contributed by atoms with E-state index in [1.165, 1.54) is 0 Å². The Labute approximate surface area is 139 Å². The Morgan fingerprint density at radius 2 is 1.88 bits per heavy atom. The number of rotatable bonds is 7. The summed E-state index contributed by atoms with van der Waals surface area (Å²) in [7, 11) is 4.85. The number of benzene rings is 1. The molecule has 8 nitrogen and oxygen atoms in total. The molecule has 0 aliphatic heterocycles. The van der Waals surface area contributed by atoms with E-state index in [0.717, 1.165) is 10.9 Å². The largest absolute Gasteiger partial charge is 0.493 e. The topological polar surface area (TPSA) is 83.3 Å². The molecule has 2 heterocycles. The summed E-state index contributed by atoms with van der Waals surface area (Å²) in [6, 6.07) is 3.69. The SMILES string of the molecule is COCCNc1nc(-n2ccnc2)nc2cc(OC)c(OC)cc12. The molecular weight excluding hydrogens is 310 g/mol. The highest BCUT2D eigenvalue weighted by molar-refractivity contribution is 5.92. The molecule has 0 saturated carbocycles. The molecule has 8 heteroatoms. The van der Waals surface area contributed by atoms with Crippen molar-refractivity contribution in [1.29, 1.82) is 0 Å². The van der Waals surface area contributed by atoms with Crippen molar-refractivity contribution < 1.29 is 14.2 Å². The van der Waals surface area contributed by atoms with Crippen molar-refractivity contribution in [2.75, 3.05) is 39.8 Å². The fraction of sp³-hybridized carbons (Fsp3) is 0.312. The zero-order chi connectivity index (χ0) is 16.9. The number of methoxy groups -OCH3 is 3. The smallest absolute Gasteiger partial charge is 0.237 e. The van der Waals surface area contributed by atoms with Gasteiger partial charge in [0.05, 0.1) is 26.3 Å². The predicted molar refractivity (Wildman–Crippen MR) is 90.1 cm³/mol. The third-order valence-corrected chi connectivity index (χ3v) is 3.52. The minimum absolute atomic E-state index is 0.520. The lowest BCUT2D eigenvalue weighted by molar-refractivity contribution is 0.210. The maximum Gasteiger partial charge on any atom is 0.237 e. The first kappa shape index (κ1) is 16.0. The molecular formula is C16H19N5O3. The molecule has 3 rings (SSSR count). The third kappa shape index (κ3) is 3.09. The summed E-state index contributed by atoms with van der Waals surface area (Å²) in [5.74, 6) is 2.45. The average molecular weight is 329 g/mol. The third-order valence-electron chi connectivity index (χ3n) is 3.52. The van der Waals surface area contributed by atoms with Crippen molar-refractivity contribution >= 4 is 16.7 Å². The predicted octanol–water partition coefficient (Wildman–Crippen LogP) is 1.89. The second-order valence-corrected chi connectivity index (χ2v) is 4.99. The van der Waals surface area contributed by atoms with E-state index in [-0.39, 0.29) is 0 Å². The van der Waals surface area contributed by atoms with Gasteiger partial charge in [-0.25, -0.2) is 9.97 Å². The molecule has 2 aromatic heterocycles. The molecule has 0 aliphatic carbocycles. The highest BCUT2D eigenvalue weighted by atomic mass is 16.5. The van der Waals surface area contributed by atoms with Gasteiger partial charge >= 0.3 is 0 Å². The lowest BCUT2D eigenvalue weighted by atomic mass is 10.2. The van der Waals surface area contributed by atoms with Crippen LogP contribution >= 0.6 is 0 Å². The number of imidazole rings is 1. The molecule has 0 amide bonds. The normalized spacial score (nSPS) is 10.8. The van der Waals surface area contributed by atoms with E-state index in [4.69, 9.17) is 14.2 Å². The summed E-state index contributed by atoms with van der Waals surface area (Å²) in [4.78, 5) is 13.2. The van der Waals surface area contributed by atoms with E-state index in [1.54, 1.807) is 44.6 Å². The van der Waals surface area contributed by atoms with Gasteiger partial charge < -0.3 is 19.5 Å². The zero-order valence-electron chi connectivity index (χ0n) is 13.8. The van der Waals surface area contributed by atoms with Crippen molar-refractivity contribution in [3.05, 3.63) is 30.9 Å². The van der Waals surface area contributed by atoms with Gasteiger partial charge in [0.2, 0.25) is 5.95 Å². The minimum atomic E-state index is 0.520. The number of anilines is 1. The first-order valence-electron chi connectivity index (χ1n) is 7.41. The second kappa shape index (κ2) is 7.14. The summed E-state index contributed by atoms with van der Waals surface area (Å²) < 4.78 is 17.6. The molecule has 126 valence electrons. The molecule has 0 aliphatic rings. The standard InChI is InChI=1S/C16H19N5O3/c1-22-7-5-18-15-11-8-13(23-2)14(24-3)9-12(11)19-16(20-15)21-6-4-17-10-21/h4,6,8-10H,5,7H2,1-3H3,(H,18,19,20). The molecule has 0 fully saturated rings. The number of aromatic nitrogens is 4. The fourth-order valence-electron chi connectivity index (χ4n) is 2.34. The van der Waals surface area contributed by atoms with Crippen molar-refractivity contribution in [2.45, 2.75) is 0 Å². The van der Waals surface area contributed by atoms with Gasteiger partial charge in [-0.3, -0.25) is 4.57 Å². The lowest BCUT2D eigenvalue weighted by Crippen LogP contribution is -2.11. The Bertz CT molecular complexity index is 820.